The summed E-state index contributed by atoms with van der Waals surface area (Å²) in [6, 6.07) is 0. The quantitative estimate of drug-likeness (QED) is 0.875. The average Bonchev–Trinajstić information content (AvgIpc) is 2.59. The standard InChI is InChI=1S/C9H14FN3S.ClH/c1-9(10)2-3-13(6-9)5-7-4-12-8(11)14-7;/h4H,2-3,5-6H2,1H3,(H2,11,12);1H. The number of hydrogen-bond acceptors (Lipinski definition) is 4. The third-order valence-electron chi connectivity index (χ3n) is 2.45. The molecule has 1 aromatic rings. The minimum Gasteiger partial charge on any atom is -0.375 e. The van der Waals surface area contributed by atoms with E-state index in [2.05, 4.69) is 9.88 Å². The van der Waals surface area contributed by atoms with E-state index >= 15 is 0 Å². The van der Waals surface area contributed by atoms with Gasteiger partial charge in [-0.3, -0.25) is 4.90 Å². The van der Waals surface area contributed by atoms with Crippen LogP contribution in [-0.4, -0.2) is 28.6 Å². The second-order valence-corrected chi connectivity index (χ2v) is 5.19. The Labute approximate surface area is 98.9 Å². The fourth-order valence-corrected chi connectivity index (χ4v) is 2.49. The van der Waals surface area contributed by atoms with Gasteiger partial charge in [0, 0.05) is 30.7 Å². The Hall–Kier alpha value is -0.390. The molecule has 2 heterocycles. The van der Waals surface area contributed by atoms with E-state index in [-0.39, 0.29) is 12.4 Å². The molecule has 1 aromatic heterocycles. The maximum absolute atomic E-state index is 13.5. The van der Waals surface area contributed by atoms with E-state index < -0.39 is 5.67 Å². The lowest BCUT2D eigenvalue weighted by atomic mass is 10.1. The lowest BCUT2D eigenvalue weighted by Gasteiger charge is -2.15. The zero-order valence-electron chi connectivity index (χ0n) is 8.57. The Balaban J connectivity index is 0.00000112. The van der Waals surface area contributed by atoms with Crippen molar-refractivity contribution in [1.29, 1.82) is 0 Å². The topological polar surface area (TPSA) is 42.2 Å². The Morgan fingerprint density at radius 1 is 1.73 bits per heavy atom. The molecule has 0 aliphatic carbocycles. The number of nitrogens with two attached hydrogens (primary N) is 1. The number of likely N-dealkylation sites (tertiary alicyclic amines) is 1. The van der Waals surface area contributed by atoms with Gasteiger partial charge in [0.2, 0.25) is 0 Å². The van der Waals surface area contributed by atoms with Crippen LogP contribution in [0.4, 0.5) is 9.52 Å². The predicted octanol–water partition coefficient (Wildman–Crippen LogP) is 2.08. The van der Waals surface area contributed by atoms with Crippen LogP contribution < -0.4 is 5.73 Å². The van der Waals surface area contributed by atoms with Crippen molar-refractivity contribution in [2.24, 2.45) is 0 Å². The molecule has 0 spiro atoms. The summed E-state index contributed by atoms with van der Waals surface area (Å²) in [6.45, 7) is 3.78. The highest BCUT2D eigenvalue weighted by molar-refractivity contribution is 7.15. The van der Waals surface area contributed by atoms with Crippen molar-refractivity contribution in [1.82, 2.24) is 9.88 Å². The molecule has 1 saturated heterocycles. The Morgan fingerprint density at radius 3 is 2.93 bits per heavy atom. The second-order valence-electron chi connectivity index (χ2n) is 4.04. The zero-order chi connectivity index (χ0) is 10.2. The van der Waals surface area contributed by atoms with Crippen molar-refractivity contribution in [3.8, 4) is 0 Å². The number of halogens is 2. The van der Waals surface area contributed by atoms with Crippen LogP contribution in [0.2, 0.25) is 0 Å². The van der Waals surface area contributed by atoms with Gasteiger partial charge < -0.3 is 5.73 Å². The molecule has 0 saturated carbocycles. The van der Waals surface area contributed by atoms with Crippen LogP contribution in [0.25, 0.3) is 0 Å². The molecule has 2 N–H and O–H groups in total. The number of alkyl halides is 1. The average molecular weight is 252 g/mol. The maximum atomic E-state index is 13.5. The summed E-state index contributed by atoms with van der Waals surface area (Å²) in [5, 5.41) is 0.585. The Kier molecular flexibility index (Phi) is 3.92. The lowest BCUT2D eigenvalue weighted by Crippen LogP contribution is -2.25. The summed E-state index contributed by atoms with van der Waals surface area (Å²) in [5.74, 6) is 0. The molecule has 1 unspecified atom stereocenters. The number of thiazole rings is 1. The van der Waals surface area contributed by atoms with Gasteiger partial charge >= 0.3 is 0 Å². The first-order valence-electron chi connectivity index (χ1n) is 4.67. The van der Waals surface area contributed by atoms with E-state index in [1.54, 1.807) is 13.1 Å². The molecule has 1 fully saturated rings. The summed E-state index contributed by atoms with van der Waals surface area (Å²) in [6.07, 6.45) is 2.40. The molecule has 0 aromatic carbocycles. The SMILES string of the molecule is CC1(F)CCN(Cc2cnc(N)s2)C1.Cl. The molecule has 86 valence electrons. The van der Waals surface area contributed by atoms with Gasteiger partial charge in [0.25, 0.3) is 0 Å². The number of nitrogens with zero attached hydrogens (tertiary/aromatic N) is 2. The number of nitrogen functional groups attached to an aromatic ring is 1. The summed E-state index contributed by atoms with van der Waals surface area (Å²) < 4.78 is 13.5. The van der Waals surface area contributed by atoms with Crippen molar-refractivity contribution in [3.63, 3.8) is 0 Å². The molecule has 0 radical (unpaired) electrons. The van der Waals surface area contributed by atoms with Gasteiger partial charge in [0.05, 0.1) is 0 Å². The normalized spacial score (nSPS) is 26.5. The minimum atomic E-state index is -1.02. The van der Waals surface area contributed by atoms with Crippen molar-refractivity contribution >= 4 is 28.9 Å². The highest BCUT2D eigenvalue weighted by atomic mass is 35.5. The molecule has 1 aliphatic rings. The highest BCUT2D eigenvalue weighted by Gasteiger charge is 2.33. The molecule has 1 aliphatic heterocycles. The summed E-state index contributed by atoms with van der Waals surface area (Å²) in [5.41, 5.74) is 4.50. The molecule has 6 heteroatoms. The van der Waals surface area contributed by atoms with Crippen LogP contribution in [0.1, 0.15) is 18.2 Å². The van der Waals surface area contributed by atoms with Crippen LogP contribution in [0, 0.1) is 0 Å². The van der Waals surface area contributed by atoms with Gasteiger partial charge in [-0.1, -0.05) is 0 Å². The van der Waals surface area contributed by atoms with Gasteiger partial charge in [0.15, 0.2) is 5.13 Å². The van der Waals surface area contributed by atoms with Gasteiger partial charge in [-0.05, 0) is 13.3 Å². The maximum Gasteiger partial charge on any atom is 0.180 e. The van der Waals surface area contributed by atoms with Crippen molar-refractivity contribution < 1.29 is 4.39 Å². The molecular weight excluding hydrogens is 237 g/mol. The monoisotopic (exact) mass is 251 g/mol. The van der Waals surface area contributed by atoms with E-state index in [4.69, 9.17) is 5.73 Å². The Morgan fingerprint density at radius 2 is 2.47 bits per heavy atom. The van der Waals surface area contributed by atoms with Gasteiger partial charge in [-0.2, -0.15) is 0 Å². The molecule has 3 nitrogen and oxygen atoms in total. The fraction of sp³-hybridized carbons (Fsp3) is 0.667. The zero-order valence-corrected chi connectivity index (χ0v) is 10.2. The van der Waals surface area contributed by atoms with E-state index in [1.165, 1.54) is 11.3 Å². The first kappa shape index (κ1) is 12.7. The molecule has 15 heavy (non-hydrogen) atoms. The number of anilines is 1. The van der Waals surface area contributed by atoms with Crippen LogP contribution >= 0.6 is 23.7 Å². The van der Waals surface area contributed by atoms with Crippen LogP contribution in [0.15, 0.2) is 6.20 Å². The Bertz CT molecular complexity index is 329. The summed E-state index contributed by atoms with van der Waals surface area (Å²) in [7, 11) is 0. The fourth-order valence-electron chi connectivity index (χ4n) is 1.77. The summed E-state index contributed by atoms with van der Waals surface area (Å²) >= 11 is 1.48. The van der Waals surface area contributed by atoms with E-state index in [1.807, 2.05) is 0 Å². The smallest absolute Gasteiger partial charge is 0.180 e. The number of rotatable bonds is 2. The molecule has 1 atom stereocenters. The second kappa shape index (κ2) is 4.63. The van der Waals surface area contributed by atoms with E-state index in [0.717, 1.165) is 18.0 Å². The largest absolute Gasteiger partial charge is 0.375 e. The van der Waals surface area contributed by atoms with E-state index in [9.17, 15) is 4.39 Å². The van der Waals surface area contributed by atoms with Crippen molar-refractivity contribution in [2.75, 3.05) is 18.8 Å². The van der Waals surface area contributed by atoms with Gasteiger partial charge in [0.1, 0.15) is 5.67 Å². The number of hydrogen-bond donors (Lipinski definition) is 1. The minimum absolute atomic E-state index is 0. The van der Waals surface area contributed by atoms with Gasteiger partial charge in [-0.25, -0.2) is 9.37 Å². The van der Waals surface area contributed by atoms with Crippen molar-refractivity contribution in [2.45, 2.75) is 25.6 Å². The predicted molar refractivity (Wildman–Crippen MR) is 63.2 cm³/mol. The first-order valence-corrected chi connectivity index (χ1v) is 5.48. The van der Waals surface area contributed by atoms with Crippen molar-refractivity contribution in [3.05, 3.63) is 11.1 Å². The number of aromatic nitrogens is 1. The van der Waals surface area contributed by atoms with Crippen LogP contribution in [0.5, 0.6) is 0 Å². The summed E-state index contributed by atoms with van der Waals surface area (Å²) in [4.78, 5) is 7.19. The van der Waals surface area contributed by atoms with Gasteiger partial charge in [-0.15, -0.1) is 23.7 Å². The molecule has 0 bridgehead atoms. The third kappa shape index (κ3) is 3.29. The highest BCUT2D eigenvalue weighted by Crippen LogP contribution is 2.27. The van der Waals surface area contributed by atoms with Crippen LogP contribution in [0.3, 0.4) is 0 Å². The first-order chi connectivity index (χ1) is 6.55. The third-order valence-corrected chi connectivity index (χ3v) is 3.26. The molecule has 0 amide bonds. The molecular formula is C9H15ClFN3S. The molecule has 2 rings (SSSR count). The van der Waals surface area contributed by atoms with E-state index in [0.29, 0.717) is 18.1 Å². The lowest BCUT2D eigenvalue weighted by molar-refractivity contribution is 0.187. The van der Waals surface area contributed by atoms with Crippen LogP contribution in [-0.2, 0) is 6.54 Å².